The first kappa shape index (κ1) is 13.6. The second kappa shape index (κ2) is 4.99. The third-order valence-corrected chi connectivity index (χ3v) is 4.52. The third kappa shape index (κ3) is 2.18. The van der Waals surface area contributed by atoms with Crippen molar-refractivity contribution in [2.24, 2.45) is 0 Å². The Hall–Kier alpha value is -3.06. The molecule has 23 heavy (non-hydrogen) atoms. The molecule has 112 valence electrons. The molecule has 0 atom stereocenters. The van der Waals surface area contributed by atoms with Crippen molar-refractivity contribution in [3.63, 3.8) is 0 Å². The van der Waals surface area contributed by atoms with E-state index in [4.69, 9.17) is 0 Å². The van der Waals surface area contributed by atoms with Crippen LogP contribution < -0.4 is 10.1 Å². The fourth-order valence-corrected chi connectivity index (χ4v) is 3.44. The highest BCUT2D eigenvalue weighted by molar-refractivity contribution is 7.15. The minimum Gasteiger partial charge on any atom is -0.267 e. The van der Waals surface area contributed by atoms with E-state index >= 15 is 0 Å². The highest BCUT2D eigenvalue weighted by Gasteiger charge is 2.10. The van der Waals surface area contributed by atoms with Crippen molar-refractivity contribution in [1.82, 2.24) is 9.38 Å². The topological polar surface area (TPSA) is 77.5 Å². The van der Waals surface area contributed by atoms with Crippen LogP contribution in [0.5, 0.6) is 0 Å². The van der Waals surface area contributed by atoms with E-state index in [0.717, 1.165) is 16.6 Å². The van der Waals surface area contributed by atoms with Crippen molar-refractivity contribution in [1.29, 1.82) is 0 Å². The van der Waals surface area contributed by atoms with E-state index in [9.17, 15) is 14.9 Å². The molecule has 0 unspecified atom stereocenters. The maximum absolute atomic E-state index is 12.6. The molecule has 2 heterocycles. The summed E-state index contributed by atoms with van der Waals surface area (Å²) in [5, 5.41) is 10.7. The van der Waals surface area contributed by atoms with Gasteiger partial charge in [0.05, 0.1) is 20.5 Å². The number of rotatable bonds is 2. The Balaban J connectivity index is 1.90. The number of aromatic nitrogens is 2. The zero-order chi connectivity index (χ0) is 16.0. The number of fused-ring (bicyclic) bond motifs is 3. The molecule has 0 radical (unpaired) electrons. The maximum atomic E-state index is 12.6. The lowest BCUT2D eigenvalue weighted by Crippen LogP contribution is -2.22. The molecule has 0 saturated heterocycles. The molecule has 2 aromatic carbocycles. The summed E-state index contributed by atoms with van der Waals surface area (Å²) in [5.74, 6) is 0. The van der Waals surface area contributed by atoms with E-state index in [2.05, 4.69) is 4.98 Å². The van der Waals surface area contributed by atoms with Gasteiger partial charge in [0.25, 0.3) is 11.2 Å². The van der Waals surface area contributed by atoms with Crippen molar-refractivity contribution in [3.8, 4) is 0 Å². The maximum Gasteiger partial charge on any atom is 0.274 e. The van der Waals surface area contributed by atoms with Gasteiger partial charge in [-0.3, -0.25) is 14.9 Å². The van der Waals surface area contributed by atoms with Gasteiger partial charge in [0.2, 0.25) is 0 Å². The standard InChI is InChI=1S/C16H9N3O3S/c20-15-14(9-10-5-7-11(8-6-10)19(21)22)23-16-17-12-3-1-2-4-13(12)18(15)16/h1-9H/b14-9-. The molecule has 0 N–H and O–H groups in total. The van der Waals surface area contributed by atoms with Gasteiger partial charge in [0.1, 0.15) is 0 Å². The van der Waals surface area contributed by atoms with Crippen LogP contribution in [0.25, 0.3) is 22.1 Å². The fraction of sp³-hybridized carbons (Fsp3) is 0. The average molecular weight is 323 g/mol. The molecular formula is C16H9N3O3S. The lowest BCUT2D eigenvalue weighted by Gasteiger charge is -1.92. The van der Waals surface area contributed by atoms with Crippen LogP contribution in [0, 0.1) is 10.1 Å². The molecule has 0 amide bonds. The number of imidazole rings is 1. The molecule has 6 nitrogen and oxygen atoms in total. The largest absolute Gasteiger partial charge is 0.274 e. The minimum atomic E-state index is -0.450. The number of nitro benzene ring substituents is 1. The summed E-state index contributed by atoms with van der Waals surface area (Å²) in [4.78, 5) is 27.9. The van der Waals surface area contributed by atoms with Crippen LogP contribution in [0.15, 0.2) is 53.3 Å². The van der Waals surface area contributed by atoms with Crippen LogP contribution in [0.2, 0.25) is 0 Å². The summed E-state index contributed by atoms with van der Waals surface area (Å²) < 4.78 is 2.14. The van der Waals surface area contributed by atoms with Crippen molar-refractivity contribution >= 4 is 39.1 Å². The lowest BCUT2D eigenvalue weighted by molar-refractivity contribution is -0.384. The van der Waals surface area contributed by atoms with Crippen molar-refractivity contribution < 1.29 is 4.92 Å². The Morgan fingerprint density at radius 3 is 2.61 bits per heavy atom. The van der Waals surface area contributed by atoms with E-state index in [1.807, 2.05) is 24.3 Å². The number of nitro groups is 1. The summed E-state index contributed by atoms with van der Waals surface area (Å²) in [6, 6.07) is 13.6. The quantitative estimate of drug-likeness (QED) is 0.419. The Kier molecular flexibility index (Phi) is 2.95. The monoisotopic (exact) mass is 323 g/mol. The second-order valence-corrected chi connectivity index (χ2v) is 5.99. The molecule has 0 saturated carbocycles. The van der Waals surface area contributed by atoms with E-state index in [1.54, 1.807) is 22.6 Å². The molecular weight excluding hydrogens is 314 g/mol. The summed E-state index contributed by atoms with van der Waals surface area (Å²) in [6.45, 7) is 0. The van der Waals surface area contributed by atoms with E-state index < -0.39 is 4.92 Å². The van der Waals surface area contributed by atoms with Crippen molar-refractivity contribution in [2.45, 2.75) is 0 Å². The van der Waals surface area contributed by atoms with Crippen LogP contribution in [0.1, 0.15) is 5.56 Å². The summed E-state index contributed by atoms with van der Waals surface area (Å²) in [7, 11) is 0. The highest BCUT2D eigenvalue weighted by atomic mass is 32.1. The lowest BCUT2D eigenvalue weighted by atomic mass is 10.2. The number of thiazole rings is 1. The van der Waals surface area contributed by atoms with Crippen molar-refractivity contribution in [3.05, 3.63) is 79.1 Å². The predicted octanol–water partition coefficient (Wildman–Crippen LogP) is 2.37. The minimum absolute atomic E-state index is 0.0245. The normalized spacial score (nSPS) is 12.3. The summed E-state index contributed by atoms with van der Waals surface area (Å²) in [5.41, 5.74) is 2.21. The van der Waals surface area contributed by atoms with Gasteiger partial charge < -0.3 is 0 Å². The van der Waals surface area contributed by atoms with Crippen LogP contribution in [-0.2, 0) is 0 Å². The molecule has 2 aromatic heterocycles. The SMILES string of the molecule is O=c1/c(=C/c2ccc([N+](=O)[O-])cc2)sc2nc3ccccc3n12. The summed E-state index contributed by atoms with van der Waals surface area (Å²) >= 11 is 1.30. The van der Waals surface area contributed by atoms with Gasteiger partial charge >= 0.3 is 0 Å². The Labute approximate surface area is 133 Å². The first-order valence-corrected chi connectivity index (χ1v) is 7.61. The van der Waals surface area contributed by atoms with Crippen LogP contribution in [0.4, 0.5) is 5.69 Å². The zero-order valence-corrected chi connectivity index (χ0v) is 12.5. The molecule has 0 aliphatic rings. The molecule has 0 aliphatic carbocycles. The second-order valence-electron chi connectivity index (χ2n) is 4.98. The Morgan fingerprint density at radius 1 is 1.13 bits per heavy atom. The molecule has 0 aliphatic heterocycles. The molecule has 0 fully saturated rings. The van der Waals surface area contributed by atoms with Gasteiger partial charge in [-0.25, -0.2) is 9.38 Å². The highest BCUT2D eigenvalue weighted by Crippen LogP contribution is 2.16. The van der Waals surface area contributed by atoms with E-state index in [0.29, 0.717) is 9.49 Å². The van der Waals surface area contributed by atoms with Gasteiger partial charge in [-0.15, -0.1) is 0 Å². The number of benzene rings is 2. The smallest absolute Gasteiger partial charge is 0.267 e. The van der Waals surface area contributed by atoms with E-state index in [-0.39, 0.29) is 11.2 Å². The zero-order valence-electron chi connectivity index (χ0n) is 11.7. The third-order valence-electron chi connectivity index (χ3n) is 3.55. The predicted molar refractivity (Wildman–Crippen MR) is 88.7 cm³/mol. The number of non-ortho nitro benzene ring substituents is 1. The van der Waals surface area contributed by atoms with Gasteiger partial charge in [-0.2, -0.15) is 0 Å². The Morgan fingerprint density at radius 2 is 1.87 bits per heavy atom. The molecule has 4 rings (SSSR count). The van der Waals surface area contributed by atoms with Crippen LogP contribution >= 0.6 is 11.3 Å². The molecule has 7 heteroatoms. The number of nitrogens with zero attached hydrogens (tertiary/aromatic N) is 3. The first-order valence-electron chi connectivity index (χ1n) is 6.80. The molecule has 0 spiro atoms. The van der Waals surface area contributed by atoms with Crippen LogP contribution in [0.3, 0.4) is 0 Å². The average Bonchev–Trinajstić information content (AvgIpc) is 3.05. The van der Waals surface area contributed by atoms with Gasteiger partial charge in [0, 0.05) is 12.1 Å². The van der Waals surface area contributed by atoms with Crippen LogP contribution in [-0.4, -0.2) is 14.3 Å². The number of para-hydroxylation sites is 2. The Bertz CT molecular complexity index is 1160. The van der Waals surface area contributed by atoms with Crippen molar-refractivity contribution in [2.75, 3.05) is 0 Å². The number of hydrogen-bond donors (Lipinski definition) is 0. The van der Waals surface area contributed by atoms with Gasteiger partial charge in [-0.05, 0) is 35.9 Å². The number of hydrogen-bond acceptors (Lipinski definition) is 5. The van der Waals surface area contributed by atoms with E-state index in [1.165, 1.54) is 23.5 Å². The first-order chi connectivity index (χ1) is 11.1. The van der Waals surface area contributed by atoms with Gasteiger partial charge in [0.15, 0.2) is 4.96 Å². The molecule has 4 aromatic rings. The van der Waals surface area contributed by atoms with Gasteiger partial charge in [-0.1, -0.05) is 23.5 Å². The molecule has 0 bridgehead atoms. The fourth-order valence-electron chi connectivity index (χ4n) is 2.46. The summed E-state index contributed by atoms with van der Waals surface area (Å²) in [6.07, 6.45) is 1.72.